The number of anilines is 6. The Bertz CT molecular complexity index is 1510. The van der Waals surface area contributed by atoms with Crippen LogP contribution in [0.5, 0.6) is 0 Å². The van der Waals surface area contributed by atoms with Crippen molar-refractivity contribution in [1.82, 2.24) is 0 Å². The second-order valence-corrected chi connectivity index (χ2v) is 10.9. The van der Waals surface area contributed by atoms with Crippen LogP contribution in [0.25, 0.3) is 0 Å². The molecule has 43 heavy (non-hydrogen) atoms. The third kappa shape index (κ3) is 6.19. The lowest BCUT2D eigenvalue weighted by Gasteiger charge is -2.23. The van der Waals surface area contributed by atoms with Crippen LogP contribution in [-0.2, 0) is 0 Å². The van der Waals surface area contributed by atoms with Crippen LogP contribution in [0.1, 0.15) is 0 Å². The first-order chi connectivity index (χ1) is 21.1. The fourth-order valence-corrected chi connectivity index (χ4v) is 5.65. The van der Waals surface area contributed by atoms with Gasteiger partial charge >= 0.3 is 0 Å². The Morgan fingerprint density at radius 2 is 0.488 bits per heavy atom. The summed E-state index contributed by atoms with van der Waals surface area (Å²) in [7, 11) is 6.35. The second kappa shape index (κ2) is 12.7. The smallest absolute Gasteiger partial charge is 0.241 e. The molecule has 0 amide bonds. The molecule has 6 aromatic carbocycles. The van der Waals surface area contributed by atoms with Gasteiger partial charge in [0.1, 0.15) is 0 Å². The predicted octanol–water partition coefficient (Wildman–Crippen LogP) is 7.51. The molecule has 4 heteroatoms. The maximum Gasteiger partial charge on any atom is 0.241 e. The average molecular weight is 558 g/mol. The molecule has 0 aliphatic rings. The first-order valence-electron chi connectivity index (χ1n) is 14.7. The summed E-state index contributed by atoms with van der Waals surface area (Å²) in [5.74, 6) is 0. The summed E-state index contributed by atoms with van der Waals surface area (Å²) in [4.78, 5) is 6.67. The molecule has 0 aliphatic heterocycles. The molecule has 0 atom stereocenters. The van der Waals surface area contributed by atoms with Gasteiger partial charge in [-0.2, -0.15) is 0 Å². The average Bonchev–Trinajstić information content (AvgIpc) is 3.09. The van der Waals surface area contributed by atoms with Crippen LogP contribution in [0.3, 0.4) is 0 Å². The summed E-state index contributed by atoms with van der Waals surface area (Å²) in [6.45, 7) is 0.100. The van der Waals surface area contributed by atoms with Crippen molar-refractivity contribution >= 4 is 57.2 Å². The lowest BCUT2D eigenvalue weighted by molar-refractivity contribution is 1.21. The zero-order valence-electron chi connectivity index (χ0n) is 25.0. The Kier molecular flexibility index (Phi) is 8.28. The number of nitrogens with zero attached hydrogens (tertiary/aromatic N) is 3. The largest absolute Gasteiger partial charge is 0.345 e. The van der Waals surface area contributed by atoms with Crippen molar-refractivity contribution in [2.24, 2.45) is 0 Å². The molecule has 6 aromatic rings. The highest BCUT2D eigenvalue weighted by Crippen LogP contribution is 2.25. The highest BCUT2D eigenvalue weighted by molar-refractivity contribution is 6.95. The molecule has 0 heterocycles. The van der Waals surface area contributed by atoms with Gasteiger partial charge in [-0.25, -0.2) is 0 Å². The Labute approximate surface area is 256 Å². The highest BCUT2D eigenvalue weighted by Gasteiger charge is 2.23. The van der Waals surface area contributed by atoms with Crippen LogP contribution in [0.4, 0.5) is 34.1 Å². The minimum Gasteiger partial charge on any atom is -0.345 e. The monoisotopic (exact) mass is 557 g/mol. The summed E-state index contributed by atoms with van der Waals surface area (Å²) in [6, 6.07) is 58.4. The molecule has 0 unspecified atom stereocenters. The number of rotatable bonds is 9. The van der Waals surface area contributed by atoms with Crippen LogP contribution in [0.15, 0.2) is 164 Å². The van der Waals surface area contributed by atoms with Crippen LogP contribution in [0.2, 0.25) is 0 Å². The van der Waals surface area contributed by atoms with Gasteiger partial charge in [0.15, 0.2) is 0 Å². The SMILES string of the molecule is CN(c1ccccc1)c1ccc(B(c2ccc(N(C)c3ccccc3)cc2)c2ccc(N(C)c3ccccc3)cc2)cc1. The first kappa shape index (κ1) is 27.9. The molecule has 0 bridgehead atoms. The molecule has 0 radical (unpaired) electrons. The van der Waals surface area contributed by atoms with Gasteiger partial charge in [0.05, 0.1) is 0 Å². The lowest BCUT2D eigenvalue weighted by atomic mass is 9.37. The number of benzene rings is 6. The third-order valence-electron chi connectivity index (χ3n) is 8.27. The van der Waals surface area contributed by atoms with Gasteiger partial charge in [0, 0.05) is 55.3 Å². The summed E-state index contributed by atoms with van der Waals surface area (Å²) in [5, 5.41) is 0. The Morgan fingerprint density at radius 3 is 0.721 bits per heavy atom. The van der Waals surface area contributed by atoms with E-state index in [4.69, 9.17) is 0 Å². The van der Waals surface area contributed by atoms with Crippen LogP contribution in [0, 0.1) is 0 Å². The molecule has 3 nitrogen and oxygen atoms in total. The molecule has 0 fully saturated rings. The highest BCUT2D eigenvalue weighted by atomic mass is 15.1. The van der Waals surface area contributed by atoms with E-state index in [-0.39, 0.29) is 6.71 Å². The van der Waals surface area contributed by atoms with E-state index in [1.807, 2.05) is 0 Å². The van der Waals surface area contributed by atoms with Crippen molar-refractivity contribution in [3.05, 3.63) is 164 Å². The molecule has 0 aliphatic carbocycles. The standard InChI is InChI=1S/C39H36BN3/c1-41(34-13-7-4-8-14-34)37-25-19-31(20-26-37)40(32-21-27-38(28-22-32)42(2)35-15-9-5-10-16-35)33-23-29-39(30-24-33)43(3)36-17-11-6-12-18-36/h4-30H,1-3H3. The van der Waals surface area contributed by atoms with Gasteiger partial charge in [-0.1, -0.05) is 107 Å². The number of para-hydroxylation sites is 3. The number of hydrogen-bond donors (Lipinski definition) is 0. The van der Waals surface area contributed by atoms with Gasteiger partial charge in [0.25, 0.3) is 0 Å². The lowest BCUT2D eigenvalue weighted by Crippen LogP contribution is -2.52. The van der Waals surface area contributed by atoms with E-state index >= 15 is 0 Å². The Morgan fingerprint density at radius 1 is 0.279 bits per heavy atom. The summed E-state index contributed by atoms with van der Waals surface area (Å²) < 4.78 is 0. The minimum absolute atomic E-state index is 0.100. The van der Waals surface area contributed by atoms with Crippen LogP contribution in [-0.4, -0.2) is 27.9 Å². The van der Waals surface area contributed by atoms with E-state index in [2.05, 4.69) is 200 Å². The predicted molar refractivity (Wildman–Crippen MR) is 187 cm³/mol. The molecule has 0 saturated carbocycles. The van der Waals surface area contributed by atoms with Gasteiger partial charge in [-0.15, -0.1) is 0 Å². The molecule has 0 N–H and O–H groups in total. The maximum absolute atomic E-state index is 2.27. The van der Waals surface area contributed by atoms with Crippen molar-refractivity contribution in [2.45, 2.75) is 0 Å². The van der Waals surface area contributed by atoms with Gasteiger partial charge in [0.2, 0.25) is 6.71 Å². The van der Waals surface area contributed by atoms with Crippen molar-refractivity contribution in [1.29, 1.82) is 0 Å². The molecular weight excluding hydrogens is 521 g/mol. The third-order valence-corrected chi connectivity index (χ3v) is 8.27. The van der Waals surface area contributed by atoms with E-state index in [9.17, 15) is 0 Å². The van der Waals surface area contributed by atoms with E-state index in [0.717, 1.165) is 17.1 Å². The fraction of sp³-hybridized carbons (Fsp3) is 0.0769. The minimum atomic E-state index is 0.100. The van der Waals surface area contributed by atoms with Crippen molar-refractivity contribution < 1.29 is 0 Å². The first-order valence-corrected chi connectivity index (χ1v) is 14.7. The van der Waals surface area contributed by atoms with E-state index in [0.29, 0.717) is 0 Å². The van der Waals surface area contributed by atoms with Crippen LogP contribution >= 0.6 is 0 Å². The van der Waals surface area contributed by atoms with E-state index < -0.39 is 0 Å². The Hall–Kier alpha value is -5.22. The second-order valence-electron chi connectivity index (χ2n) is 10.9. The molecule has 0 aromatic heterocycles. The number of hydrogen-bond acceptors (Lipinski definition) is 3. The van der Waals surface area contributed by atoms with Gasteiger partial charge in [-0.05, 0) is 72.8 Å². The topological polar surface area (TPSA) is 9.72 Å². The zero-order valence-corrected chi connectivity index (χ0v) is 25.0. The summed E-state index contributed by atoms with van der Waals surface area (Å²) in [6.07, 6.45) is 0. The molecule has 0 saturated heterocycles. The van der Waals surface area contributed by atoms with Crippen molar-refractivity contribution in [2.75, 3.05) is 35.8 Å². The quantitative estimate of drug-likeness (QED) is 0.171. The van der Waals surface area contributed by atoms with Crippen molar-refractivity contribution in [3.8, 4) is 0 Å². The molecule has 210 valence electrons. The Balaban J connectivity index is 1.33. The summed E-state index contributed by atoms with van der Waals surface area (Å²) >= 11 is 0. The van der Waals surface area contributed by atoms with Crippen LogP contribution < -0.4 is 31.1 Å². The van der Waals surface area contributed by atoms with Gasteiger partial charge in [-0.3, -0.25) is 0 Å². The van der Waals surface area contributed by atoms with E-state index in [1.54, 1.807) is 0 Å². The normalized spacial score (nSPS) is 10.7. The zero-order chi connectivity index (χ0) is 29.6. The molecule has 0 spiro atoms. The fourth-order valence-electron chi connectivity index (χ4n) is 5.65. The van der Waals surface area contributed by atoms with E-state index in [1.165, 1.54) is 33.5 Å². The molecule has 6 rings (SSSR count). The van der Waals surface area contributed by atoms with Crippen molar-refractivity contribution in [3.63, 3.8) is 0 Å². The maximum atomic E-state index is 2.27. The molecular formula is C39H36BN3. The van der Waals surface area contributed by atoms with Gasteiger partial charge < -0.3 is 14.7 Å². The summed E-state index contributed by atoms with van der Waals surface area (Å²) in [5.41, 5.74) is 10.8.